The number of para-hydroxylation sites is 1. The molecule has 1 aromatic carbocycles. The lowest BCUT2D eigenvalue weighted by Crippen LogP contribution is -2.32. The van der Waals surface area contributed by atoms with E-state index in [1.165, 1.54) is 6.07 Å². The van der Waals surface area contributed by atoms with Gasteiger partial charge in [0, 0.05) is 6.61 Å². The number of ether oxygens (including phenoxy) is 1. The zero-order valence-electron chi connectivity index (χ0n) is 11.6. The first kappa shape index (κ1) is 15.9. The molecule has 0 radical (unpaired) electrons. The summed E-state index contributed by atoms with van der Waals surface area (Å²) >= 11 is 0. The van der Waals surface area contributed by atoms with Crippen molar-refractivity contribution in [2.75, 3.05) is 18.5 Å². The first-order valence-electron chi connectivity index (χ1n) is 6.32. The highest BCUT2D eigenvalue weighted by Gasteiger charge is 2.18. The lowest BCUT2D eigenvalue weighted by atomic mass is 10.1. The second-order valence-corrected chi connectivity index (χ2v) is 6.23. The Morgan fingerprint density at radius 1 is 1.32 bits per heavy atom. The van der Waals surface area contributed by atoms with Crippen molar-refractivity contribution in [2.24, 2.45) is 11.1 Å². The van der Waals surface area contributed by atoms with E-state index in [1.807, 2.05) is 6.92 Å². The maximum absolute atomic E-state index is 11.5. The second kappa shape index (κ2) is 6.88. The zero-order valence-corrected chi connectivity index (χ0v) is 12.4. The molecule has 0 saturated carbocycles. The normalized spacial score (nSPS) is 13.5. The van der Waals surface area contributed by atoms with E-state index >= 15 is 0 Å². The van der Waals surface area contributed by atoms with Crippen LogP contribution in [0.5, 0.6) is 0 Å². The molecule has 0 aromatic heterocycles. The standard InChI is InChI=1S/C13H22N2O3S/c1-4-18-9-12(10(2)3)15-11-7-5-6-8-13(11)19(14,16)17/h5-8,10,12,15H,4,9H2,1-3H3,(H2,14,16,17). The second-order valence-electron chi connectivity index (χ2n) is 4.70. The van der Waals surface area contributed by atoms with Gasteiger partial charge in [-0.1, -0.05) is 26.0 Å². The van der Waals surface area contributed by atoms with Crippen molar-refractivity contribution in [1.82, 2.24) is 0 Å². The van der Waals surface area contributed by atoms with Crippen molar-refractivity contribution in [3.05, 3.63) is 24.3 Å². The van der Waals surface area contributed by atoms with Crippen molar-refractivity contribution in [3.8, 4) is 0 Å². The predicted molar refractivity (Wildman–Crippen MR) is 76.6 cm³/mol. The molecule has 5 nitrogen and oxygen atoms in total. The Hall–Kier alpha value is -1.11. The average Bonchev–Trinajstić information content (AvgIpc) is 2.33. The fourth-order valence-corrected chi connectivity index (χ4v) is 2.38. The van der Waals surface area contributed by atoms with Gasteiger partial charge in [0.25, 0.3) is 0 Å². The van der Waals surface area contributed by atoms with Crippen molar-refractivity contribution in [3.63, 3.8) is 0 Å². The molecule has 0 aliphatic carbocycles. The SMILES string of the molecule is CCOCC(Nc1ccccc1S(N)(=O)=O)C(C)C. The first-order chi connectivity index (χ1) is 8.86. The Morgan fingerprint density at radius 2 is 1.95 bits per heavy atom. The average molecular weight is 286 g/mol. The molecule has 0 heterocycles. The number of rotatable bonds is 7. The Kier molecular flexibility index (Phi) is 5.78. The van der Waals surface area contributed by atoms with Crippen molar-refractivity contribution < 1.29 is 13.2 Å². The molecule has 1 unspecified atom stereocenters. The van der Waals surface area contributed by atoms with Gasteiger partial charge in [0.15, 0.2) is 0 Å². The molecule has 0 bridgehead atoms. The summed E-state index contributed by atoms with van der Waals surface area (Å²) in [6.07, 6.45) is 0. The lowest BCUT2D eigenvalue weighted by Gasteiger charge is -2.24. The molecule has 0 aliphatic rings. The summed E-state index contributed by atoms with van der Waals surface area (Å²) in [7, 11) is -3.73. The van der Waals surface area contributed by atoms with Crippen LogP contribution >= 0.6 is 0 Å². The van der Waals surface area contributed by atoms with Gasteiger partial charge in [-0.3, -0.25) is 0 Å². The number of nitrogens with two attached hydrogens (primary N) is 1. The number of primary sulfonamides is 1. The molecule has 3 N–H and O–H groups in total. The van der Waals surface area contributed by atoms with Crippen LogP contribution < -0.4 is 10.5 Å². The molecule has 0 spiro atoms. The molecule has 0 aliphatic heterocycles. The van der Waals surface area contributed by atoms with Crippen LogP contribution in [0.1, 0.15) is 20.8 Å². The molecule has 0 saturated heterocycles. The third-order valence-corrected chi connectivity index (χ3v) is 3.81. The largest absolute Gasteiger partial charge is 0.380 e. The van der Waals surface area contributed by atoms with Gasteiger partial charge in [0.05, 0.1) is 18.3 Å². The smallest absolute Gasteiger partial charge is 0.240 e. The fourth-order valence-electron chi connectivity index (χ4n) is 1.68. The topological polar surface area (TPSA) is 81.4 Å². The molecule has 19 heavy (non-hydrogen) atoms. The van der Waals surface area contributed by atoms with E-state index in [9.17, 15) is 8.42 Å². The van der Waals surface area contributed by atoms with Gasteiger partial charge >= 0.3 is 0 Å². The van der Waals surface area contributed by atoms with E-state index in [2.05, 4.69) is 19.2 Å². The minimum absolute atomic E-state index is 0.0304. The molecule has 1 atom stereocenters. The maximum atomic E-state index is 11.5. The maximum Gasteiger partial charge on any atom is 0.240 e. The van der Waals surface area contributed by atoms with Gasteiger partial charge in [-0.2, -0.15) is 0 Å². The van der Waals surface area contributed by atoms with Crippen molar-refractivity contribution >= 4 is 15.7 Å². The third kappa shape index (κ3) is 4.81. The van der Waals surface area contributed by atoms with Gasteiger partial charge < -0.3 is 10.1 Å². The van der Waals surface area contributed by atoms with E-state index in [0.29, 0.717) is 24.8 Å². The summed E-state index contributed by atoms with van der Waals surface area (Å²) in [5.41, 5.74) is 0.517. The number of hydrogen-bond donors (Lipinski definition) is 2. The number of sulfonamides is 1. The van der Waals surface area contributed by atoms with Crippen molar-refractivity contribution in [1.29, 1.82) is 0 Å². The van der Waals surface area contributed by atoms with E-state index in [1.54, 1.807) is 18.2 Å². The molecule has 0 fully saturated rings. The van der Waals surface area contributed by atoms with Crippen LogP contribution in [0.2, 0.25) is 0 Å². The van der Waals surface area contributed by atoms with Crippen LogP contribution in [0, 0.1) is 5.92 Å². The minimum Gasteiger partial charge on any atom is -0.380 e. The quantitative estimate of drug-likeness (QED) is 0.801. The number of hydrogen-bond acceptors (Lipinski definition) is 4. The van der Waals surface area contributed by atoms with Crippen LogP contribution in [0.15, 0.2) is 29.2 Å². The van der Waals surface area contributed by atoms with Crippen LogP contribution in [0.25, 0.3) is 0 Å². The van der Waals surface area contributed by atoms with E-state index in [4.69, 9.17) is 9.88 Å². The Morgan fingerprint density at radius 3 is 2.47 bits per heavy atom. The Bertz CT molecular complexity index is 500. The lowest BCUT2D eigenvalue weighted by molar-refractivity contribution is 0.126. The Labute approximate surface area is 115 Å². The summed E-state index contributed by atoms with van der Waals surface area (Å²) in [5, 5.41) is 8.41. The number of nitrogens with one attached hydrogen (secondary N) is 1. The highest BCUT2D eigenvalue weighted by molar-refractivity contribution is 7.89. The van der Waals surface area contributed by atoms with Gasteiger partial charge in [0.2, 0.25) is 10.0 Å². The molecule has 1 rings (SSSR count). The number of benzene rings is 1. The molecular formula is C13H22N2O3S. The molecule has 0 amide bonds. The van der Waals surface area contributed by atoms with Gasteiger partial charge in [0.1, 0.15) is 4.90 Å². The van der Waals surface area contributed by atoms with E-state index < -0.39 is 10.0 Å². The first-order valence-corrected chi connectivity index (χ1v) is 7.87. The highest BCUT2D eigenvalue weighted by Crippen LogP contribution is 2.21. The highest BCUT2D eigenvalue weighted by atomic mass is 32.2. The summed E-state index contributed by atoms with van der Waals surface area (Å²) in [5.74, 6) is 0.306. The fraction of sp³-hybridized carbons (Fsp3) is 0.538. The molecule has 108 valence electrons. The summed E-state index contributed by atoms with van der Waals surface area (Å²) < 4.78 is 28.5. The molecule has 1 aromatic rings. The zero-order chi connectivity index (χ0) is 14.5. The van der Waals surface area contributed by atoms with Gasteiger partial charge in [-0.25, -0.2) is 13.6 Å². The van der Waals surface area contributed by atoms with E-state index in [-0.39, 0.29) is 10.9 Å². The number of anilines is 1. The van der Waals surface area contributed by atoms with E-state index in [0.717, 1.165) is 0 Å². The van der Waals surface area contributed by atoms with Crippen LogP contribution in [0.3, 0.4) is 0 Å². The van der Waals surface area contributed by atoms with Gasteiger partial charge in [-0.05, 0) is 25.0 Å². The summed E-state index contributed by atoms with van der Waals surface area (Å²) in [4.78, 5) is 0.108. The third-order valence-electron chi connectivity index (χ3n) is 2.84. The summed E-state index contributed by atoms with van der Waals surface area (Å²) in [6, 6.07) is 6.66. The molecular weight excluding hydrogens is 264 g/mol. The minimum atomic E-state index is -3.73. The molecule has 6 heteroatoms. The summed E-state index contributed by atoms with van der Waals surface area (Å²) in [6.45, 7) is 7.18. The van der Waals surface area contributed by atoms with Crippen LogP contribution in [-0.4, -0.2) is 27.7 Å². The van der Waals surface area contributed by atoms with Crippen LogP contribution in [0.4, 0.5) is 5.69 Å². The Balaban J connectivity index is 2.97. The monoisotopic (exact) mass is 286 g/mol. The predicted octanol–water partition coefficient (Wildman–Crippen LogP) is 1.81. The van der Waals surface area contributed by atoms with Gasteiger partial charge in [-0.15, -0.1) is 0 Å². The van der Waals surface area contributed by atoms with Crippen molar-refractivity contribution in [2.45, 2.75) is 31.7 Å². The van der Waals surface area contributed by atoms with Crippen LogP contribution in [-0.2, 0) is 14.8 Å².